The van der Waals surface area contributed by atoms with Gasteiger partial charge in [0.05, 0.1) is 10.5 Å². The summed E-state index contributed by atoms with van der Waals surface area (Å²) in [5.41, 5.74) is 1.44. The van der Waals surface area contributed by atoms with Gasteiger partial charge in [0.2, 0.25) is 0 Å². The molecule has 2 rings (SSSR count). The number of aromatic nitrogens is 1. The van der Waals surface area contributed by atoms with Crippen molar-refractivity contribution in [1.29, 1.82) is 0 Å². The number of hydrogen-bond donors (Lipinski definition) is 0. The summed E-state index contributed by atoms with van der Waals surface area (Å²) in [7, 11) is 1.73. The number of pyridine rings is 1. The summed E-state index contributed by atoms with van der Waals surface area (Å²) in [6.45, 7) is 1.94. The summed E-state index contributed by atoms with van der Waals surface area (Å²) in [5.74, 6) is -0.540. The lowest BCUT2D eigenvalue weighted by Gasteiger charge is -2.25. The van der Waals surface area contributed by atoms with Crippen LogP contribution in [0.4, 0.5) is 4.39 Å². The Kier molecular flexibility index (Phi) is 4.49. The lowest BCUT2D eigenvalue weighted by molar-refractivity contribution is 0.0742. The zero-order chi connectivity index (χ0) is 14.7. The maximum absolute atomic E-state index is 13.2. The highest BCUT2D eigenvalue weighted by Gasteiger charge is 2.19. The molecule has 0 aliphatic heterocycles. The summed E-state index contributed by atoms with van der Waals surface area (Å²) in [6, 6.07) is 7.91. The van der Waals surface area contributed by atoms with Crippen molar-refractivity contribution in [2.24, 2.45) is 0 Å². The third-order valence-electron chi connectivity index (χ3n) is 3.26. The van der Waals surface area contributed by atoms with Gasteiger partial charge >= 0.3 is 0 Å². The van der Waals surface area contributed by atoms with Crippen molar-refractivity contribution in [2.45, 2.75) is 13.0 Å². The Morgan fingerprint density at radius 1 is 1.30 bits per heavy atom. The predicted molar refractivity (Wildman–Crippen MR) is 78.8 cm³/mol. The van der Waals surface area contributed by atoms with E-state index < -0.39 is 0 Å². The fourth-order valence-electron chi connectivity index (χ4n) is 1.87. The number of halogens is 2. The fourth-order valence-corrected chi connectivity index (χ4v) is 2.25. The van der Waals surface area contributed by atoms with Gasteiger partial charge in [-0.1, -0.05) is 0 Å². The maximum atomic E-state index is 13.2. The van der Waals surface area contributed by atoms with E-state index in [1.807, 2.05) is 19.1 Å². The molecular formula is C15H14BrFN2O. The van der Waals surface area contributed by atoms with Crippen LogP contribution in [0, 0.1) is 5.82 Å². The molecule has 0 spiro atoms. The van der Waals surface area contributed by atoms with Crippen LogP contribution in [0.5, 0.6) is 0 Å². The number of hydrogen-bond acceptors (Lipinski definition) is 2. The Labute approximate surface area is 125 Å². The van der Waals surface area contributed by atoms with Crippen LogP contribution in [0.25, 0.3) is 0 Å². The number of rotatable bonds is 3. The monoisotopic (exact) mass is 336 g/mol. The van der Waals surface area contributed by atoms with Gasteiger partial charge in [-0.25, -0.2) is 4.39 Å². The number of nitrogens with zero attached hydrogens (tertiary/aromatic N) is 2. The zero-order valence-electron chi connectivity index (χ0n) is 11.2. The average molecular weight is 337 g/mol. The highest BCUT2D eigenvalue weighted by atomic mass is 79.9. The molecule has 5 heteroatoms. The first-order valence-corrected chi connectivity index (χ1v) is 6.92. The summed E-state index contributed by atoms with van der Waals surface area (Å²) in [4.78, 5) is 18.0. The Morgan fingerprint density at radius 3 is 2.55 bits per heavy atom. The molecule has 20 heavy (non-hydrogen) atoms. The van der Waals surface area contributed by atoms with E-state index in [4.69, 9.17) is 0 Å². The van der Waals surface area contributed by atoms with E-state index in [9.17, 15) is 9.18 Å². The molecule has 1 amide bonds. The third-order valence-corrected chi connectivity index (χ3v) is 3.86. The van der Waals surface area contributed by atoms with Gasteiger partial charge in [-0.15, -0.1) is 0 Å². The van der Waals surface area contributed by atoms with E-state index in [1.165, 1.54) is 18.2 Å². The minimum absolute atomic E-state index is 0.0886. The van der Waals surface area contributed by atoms with Crippen LogP contribution in [0.15, 0.2) is 47.2 Å². The van der Waals surface area contributed by atoms with Gasteiger partial charge in [0, 0.05) is 25.0 Å². The van der Waals surface area contributed by atoms with E-state index in [0.717, 1.165) is 5.56 Å². The van der Waals surface area contributed by atoms with Crippen molar-refractivity contribution in [1.82, 2.24) is 9.88 Å². The molecule has 1 atom stereocenters. The average Bonchev–Trinajstić information content (AvgIpc) is 2.48. The lowest BCUT2D eigenvalue weighted by Crippen LogP contribution is -2.29. The quantitative estimate of drug-likeness (QED) is 0.853. The molecular weight excluding hydrogens is 323 g/mol. The molecule has 3 nitrogen and oxygen atoms in total. The van der Waals surface area contributed by atoms with E-state index >= 15 is 0 Å². The second-order valence-corrected chi connectivity index (χ2v) is 5.36. The topological polar surface area (TPSA) is 33.2 Å². The number of amides is 1. The third kappa shape index (κ3) is 3.04. The van der Waals surface area contributed by atoms with Crippen LogP contribution in [0.1, 0.15) is 28.9 Å². The molecule has 0 radical (unpaired) electrons. The minimum atomic E-state index is -0.383. The van der Waals surface area contributed by atoms with E-state index in [1.54, 1.807) is 24.3 Å². The SMILES string of the molecule is CC(c1ccncc1)N(C)C(=O)c1ccc(F)c(Br)c1. The molecule has 1 aromatic heterocycles. The molecule has 1 aromatic carbocycles. The van der Waals surface area contributed by atoms with Gasteiger partial charge < -0.3 is 4.90 Å². The normalized spacial score (nSPS) is 12.0. The molecule has 0 fully saturated rings. The van der Waals surface area contributed by atoms with Crippen LogP contribution in [0.2, 0.25) is 0 Å². The predicted octanol–water partition coefficient (Wildman–Crippen LogP) is 3.82. The van der Waals surface area contributed by atoms with E-state index in [0.29, 0.717) is 5.56 Å². The number of benzene rings is 1. The second-order valence-electron chi connectivity index (χ2n) is 4.50. The van der Waals surface area contributed by atoms with Crippen molar-refractivity contribution in [3.63, 3.8) is 0 Å². The summed E-state index contributed by atoms with van der Waals surface area (Å²) in [6.07, 6.45) is 3.39. The molecule has 0 aliphatic carbocycles. The lowest BCUT2D eigenvalue weighted by atomic mass is 10.1. The van der Waals surface area contributed by atoms with E-state index in [2.05, 4.69) is 20.9 Å². The molecule has 0 saturated carbocycles. The number of carbonyl (C=O) groups is 1. The van der Waals surface area contributed by atoms with Crippen molar-refractivity contribution >= 4 is 21.8 Å². The molecule has 0 N–H and O–H groups in total. The van der Waals surface area contributed by atoms with Crippen LogP contribution in [-0.4, -0.2) is 22.8 Å². The standard InChI is InChI=1S/C15H14BrFN2O/c1-10(11-5-7-18-8-6-11)19(2)15(20)12-3-4-14(17)13(16)9-12/h3-10H,1-2H3. The Balaban J connectivity index is 2.22. The summed E-state index contributed by atoms with van der Waals surface area (Å²) >= 11 is 3.09. The Bertz CT molecular complexity index is 619. The van der Waals surface area contributed by atoms with Crippen molar-refractivity contribution in [2.75, 3.05) is 7.05 Å². The number of carbonyl (C=O) groups excluding carboxylic acids is 1. The molecule has 0 bridgehead atoms. The van der Waals surface area contributed by atoms with E-state index in [-0.39, 0.29) is 22.2 Å². The maximum Gasteiger partial charge on any atom is 0.254 e. The second kappa shape index (κ2) is 6.13. The highest BCUT2D eigenvalue weighted by molar-refractivity contribution is 9.10. The molecule has 0 aliphatic rings. The van der Waals surface area contributed by atoms with Crippen LogP contribution in [0.3, 0.4) is 0 Å². The summed E-state index contributed by atoms with van der Waals surface area (Å²) < 4.78 is 13.5. The first-order valence-electron chi connectivity index (χ1n) is 6.13. The first kappa shape index (κ1) is 14.7. The van der Waals surface area contributed by atoms with Crippen LogP contribution >= 0.6 is 15.9 Å². The Morgan fingerprint density at radius 2 is 1.95 bits per heavy atom. The van der Waals surface area contributed by atoms with Crippen molar-refractivity contribution in [3.05, 3.63) is 64.1 Å². The van der Waals surface area contributed by atoms with Gasteiger partial charge in [0.25, 0.3) is 5.91 Å². The van der Waals surface area contributed by atoms with Crippen LogP contribution < -0.4 is 0 Å². The minimum Gasteiger partial charge on any atom is -0.335 e. The fraction of sp³-hybridized carbons (Fsp3) is 0.200. The zero-order valence-corrected chi connectivity index (χ0v) is 12.8. The largest absolute Gasteiger partial charge is 0.335 e. The van der Waals surface area contributed by atoms with Crippen molar-refractivity contribution < 1.29 is 9.18 Å². The molecule has 1 heterocycles. The van der Waals surface area contributed by atoms with Crippen molar-refractivity contribution in [3.8, 4) is 0 Å². The summed E-state index contributed by atoms with van der Waals surface area (Å²) in [5, 5.41) is 0. The molecule has 2 aromatic rings. The molecule has 0 saturated heterocycles. The molecule has 104 valence electrons. The first-order chi connectivity index (χ1) is 9.50. The molecule has 1 unspecified atom stereocenters. The van der Waals surface area contributed by atoms with Crippen LogP contribution in [-0.2, 0) is 0 Å². The van der Waals surface area contributed by atoms with Gasteiger partial charge in [0.15, 0.2) is 0 Å². The van der Waals surface area contributed by atoms with Gasteiger partial charge in [-0.3, -0.25) is 9.78 Å². The van der Waals surface area contributed by atoms with Gasteiger partial charge in [0.1, 0.15) is 5.82 Å². The van der Waals surface area contributed by atoms with Gasteiger partial charge in [-0.2, -0.15) is 0 Å². The smallest absolute Gasteiger partial charge is 0.254 e. The highest BCUT2D eigenvalue weighted by Crippen LogP contribution is 2.22. The van der Waals surface area contributed by atoms with Gasteiger partial charge in [-0.05, 0) is 58.7 Å². The Hall–Kier alpha value is -1.75.